The minimum Gasteiger partial charge on any atom is -0.457 e. The standard InChI is InChI=1S/C22H16O6S/c1-29(25,26)17-7-4-6-15(11-17)22(24)27-13-16-12-20(23)28-19-10-9-14-5-2-3-8-18(14)21(16)19/h2-12H,13H2,1H3. The summed E-state index contributed by atoms with van der Waals surface area (Å²) in [7, 11) is -3.45. The van der Waals surface area contributed by atoms with Crippen LogP contribution in [0.5, 0.6) is 0 Å². The molecule has 0 spiro atoms. The average molecular weight is 408 g/mol. The third-order valence-electron chi connectivity index (χ3n) is 4.57. The van der Waals surface area contributed by atoms with Crippen LogP contribution in [0.25, 0.3) is 21.7 Å². The van der Waals surface area contributed by atoms with Crippen LogP contribution >= 0.6 is 0 Å². The molecule has 29 heavy (non-hydrogen) atoms. The van der Waals surface area contributed by atoms with E-state index in [2.05, 4.69) is 0 Å². The van der Waals surface area contributed by atoms with Gasteiger partial charge in [0.05, 0.1) is 10.5 Å². The first-order chi connectivity index (χ1) is 13.8. The number of sulfone groups is 1. The molecule has 6 nitrogen and oxygen atoms in total. The highest BCUT2D eigenvalue weighted by Gasteiger charge is 2.15. The summed E-state index contributed by atoms with van der Waals surface area (Å²) in [6.45, 7) is -0.155. The van der Waals surface area contributed by atoms with Crippen LogP contribution < -0.4 is 5.63 Å². The fourth-order valence-electron chi connectivity index (χ4n) is 3.21. The average Bonchev–Trinajstić information content (AvgIpc) is 2.70. The zero-order valence-corrected chi connectivity index (χ0v) is 16.2. The molecule has 0 bridgehead atoms. The molecule has 7 heteroatoms. The van der Waals surface area contributed by atoms with Crippen molar-refractivity contribution < 1.29 is 22.4 Å². The van der Waals surface area contributed by atoms with E-state index < -0.39 is 21.4 Å². The summed E-state index contributed by atoms with van der Waals surface area (Å²) in [5, 5.41) is 2.53. The van der Waals surface area contributed by atoms with E-state index in [1.807, 2.05) is 30.3 Å². The topological polar surface area (TPSA) is 90.6 Å². The Kier molecular flexibility index (Phi) is 4.68. The fraction of sp³-hybridized carbons (Fsp3) is 0.0909. The number of hydrogen-bond acceptors (Lipinski definition) is 6. The van der Waals surface area contributed by atoms with Crippen LogP contribution in [-0.2, 0) is 21.2 Å². The lowest BCUT2D eigenvalue weighted by Crippen LogP contribution is -2.09. The minimum atomic E-state index is -3.45. The van der Waals surface area contributed by atoms with Crippen LogP contribution in [0, 0.1) is 0 Å². The van der Waals surface area contributed by atoms with Gasteiger partial charge in [-0.05, 0) is 35.0 Å². The van der Waals surface area contributed by atoms with Gasteiger partial charge in [0.1, 0.15) is 12.2 Å². The summed E-state index contributed by atoms with van der Waals surface area (Å²) in [6, 6.07) is 18.1. The van der Waals surface area contributed by atoms with Crippen molar-refractivity contribution in [3.05, 3.63) is 88.3 Å². The predicted octanol–water partition coefficient (Wildman–Crippen LogP) is 3.71. The normalized spacial score (nSPS) is 11.6. The first-order valence-corrected chi connectivity index (χ1v) is 10.6. The van der Waals surface area contributed by atoms with Crippen LogP contribution in [0.2, 0.25) is 0 Å². The lowest BCUT2D eigenvalue weighted by Gasteiger charge is -2.10. The molecule has 1 heterocycles. The van der Waals surface area contributed by atoms with Crippen LogP contribution in [0.4, 0.5) is 0 Å². The van der Waals surface area contributed by atoms with Crippen LogP contribution in [-0.4, -0.2) is 20.6 Å². The molecule has 4 aromatic rings. The second-order valence-electron chi connectivity index (χ2n) is 6.63. The molecule has 0 fully saturated rings. The Labute approximate surface area is 166 Å². The summed E-state index contributed by atoms with van der Waals surface area (Å²) in [4.78, 5) is 24.4. The third kappa shape index (κ3) is 3.77. The Morgan fingerprint density at radius 1 is 1.00 bits per heavy atom. The van der Waals surface area contributed by atoms with Gasteiger partial charge in [0, 0.05) is 23.3 Å². The van der Waals surface area contributed by atoms with Crippen molar-refractivity contribution >= 4 is 37.5 Å². The second kappa shape index (κ2) is 7.18. The van der Waals surface area contributed by atoms with Gasteiger partial charge in [-0.3, -0.25) is 0 Å². The lowest BCUT2D eigenvalue weighted by molar-refractivity contribution is 0.0473. The Balaban J connectivity index is 1.71. The number of carbonyl (C=O) groups excluding carboxylic acids is 1. The van der Waals surface area contributed by atoms with E-state index in [0.29, 0.717) is 16.5 Å². The molecule has 0 aliphatic rings. The summed E-state index contributed by atoms with van der Waals surface area (Å²) >= 11 is 0. The molecule has 0 amide bonds. The maximum atomic E-state index is 12.5. The molecule has 0 N–H and O–H groups in total. The monoisotopic (exact) mass is 408 g/mol. The quantitative estimate of drug-likeness (QED) is 0.290. The molecular formula is C22H16O6S. The smallest absolute Gasteiger partial charge is 0.338 e. The molecule has 0 atom stereocenters. The largest absolute Gasteiger partial charge is 0.457 e. The highest BCUT2D eigenvalue weighted by molar-refractivity contribution is 7.90. The highest BCUT2D eigenvalue weighted by Crippen LogP contribution is 2.28. The highest BCUT2D eigenvalue weighted by atomic mass is 32.2. The molecule has 4 rings (SSSR count). The van der Waals surface area contributed by atoms with Gasteiger partial charge in [-0.15, -0.1) is 0 Å². The number of benzene rings is 3. The first kappa shape index (κ1) is 18.9. The predicted molar refractivity (Wildman–Crippen MR) is 109 cm³/mol. The van der Waals surface area contributed by atoms with Crippen LogP contribution in [0.15, 0.2) is 80.8 Å². The van der Waals surface area contributed by atoms with Crippen molar-refractivity contribution in [2.75, 3.05) is 6.26 Å². The maximum Gasteiger partial charge on any atom is 0.338 e. The van der Waals surface area contributed by atoms with Crippen molar-refractivity contribution in [2.24, 2.45) is 0 Å². The Morgan fingerprint density at radius 2 is 1.79 bits per heavy atom. The Hall–Kier alpha value is -3.45. The molecule has 0 radical (unpaired) electrons. The zero-order valence-electron chi connectivity index (χ0n) is 15.4. The molecule has 0 saturated carbocycles. The van der Waals surface area contributed by atoms with Gasteiger partial charge in [-0.1, -0.05) is 36.4 Å². The van der Waals surface area contributed by atoms with Gasteiger partial charge < -0.3 is 9.15 Å². The van der Waals surface area contributed by atoms with Gasteiger partial charge in [-0.2, -0.15) is 0 Å². The number of esters is 1. The number of hydrogen-bond donors (Lipinski definition) is 0. The summed E-state index contributed by atoms with van der Waals surface area (Å²) in [5.74, 6) is -0.683. The Bertz CT molecular complexity index is 1420. The molecule has 1 aromatic heterocycles. The molecule has 0 unspecified atom stereocenters. The van der Waals surface area contributed by atoms with E-state index in [4.69, 9.17) is 9.15 Å². The third-order valence-corrected chi connectivity index (χ3v) is 5.68. The van der Waals surface area contributed by atoms with Gasteiger partial charge in [0.25, 0.3) is 0 Å². The first-order valence-electron chi connectivity index (χ1n) is 8.75. The lowest BCUT2D eigenvalue weighted by atomic mass is 10.0. The summed E-state index contributed by atoms with van der Waals surface area (Å²) < 4.78 is 34.1. The number of carbonyl (C=O) groups is 1. The van der Waals surface area contributed by atoms with E-state index in [0.717, 1.165) is 17.0 Å². The van der Waals surface area contributed by atoms with Gasteiger partial charge in [0.2, 0.25) is 0 Å². The number of ether oxygens (including phenoxy) is 1. The number of fused-ring (bicyclic) bond motifs is 3. The minimum absolute atomic E-state index is 0.0312. The summed E-state index contributed by atoms with van der Waals surface area (Å²) in [5.41, 5.74) is 0.491. The molecule has 0 aliphatic carbocycles. The van der Waals surface area contributed by atoms with E-state index in [1.165, 1.54) is 30.3 Å². The summed E-state index contributed by atoms with van der Waals surface area (Å²) in [6.07, 6.45) is 1.07. The van der Waals surface area contributed by atoms with Gasteiger partial charge in [-0.25, -0.2) is 18.0 Å². The molecule has 0 saturated heterocycles. The van der Waals surface area contributed by atoms with Gasteiger partial charge in [0.15, 0.2) is 9.84 Å². The SMILES string of the molecule is CS(=O)(=O)c1cccc(C(=O)OCc2cc(=O)oc3ccc4ccccc4c23)c1. The molecular weight excluding hydrogens is 392 g/mol. The van der Waals surface area contributed by atoms with E-state index >= 15 is 0 Å². The molecule has 3 aromatic carbocycles. The second-order valence-corrected chi connectivity index (χ2v) is 8.64. The fourth-order valence-corrected chi connectivity index (χ4v) is 3.88. The van der Waals surface area contributed by atoms with Crippen molar-refractivity contribution in [1.82, 2.24) is 0 Å². The van der Waals surface area contributed by atoms with Crippen molar-refractivity contribution in [3.63, 3.8) is 0 Å². The van der Waals surface area contributed by atoms with Gasteiger partial charge >= 0.3 is 11.6 Å². The zero-order chi connectivity index (χ0) is 20.6. The van der Waals surface area contributed by atoms with E-state index in [9.17, 15) is 18.0 Å². The van der Waals surface area contributed by atoms with Crippen LogP contribution in [0.1, 0.15) is 15.9 Å². The van der Waals surface area contributed by atoms with Crippen molar-refractivity contribution in [3.8, 4) is 0 Å². The van der Waals surface area contributed by atoms with Crippen molar-refractivity contribution in [2.45, 2.75) is 11.5 Å². The molecule has 0 aliphatic heterocycles. The van der Waals surface area contributed by atoms with E-state index in [1.54, 1.807) is 6.07 Å². The molecule has 146 valence electrons. The van der Waals surface area contributed by atoms with Crippen LogP contribution in [0.3, 0.4) is 0 Å². The maximum absolute atomic E-state index is 12.5. The van der Waals surface area contributed by atoms with E-state index in [-0.39, 0.29) is 17.1 Å². The number of rotatable bonds is 4. The van der Waals surface area contributed by atoms with Crippen molar-refractivity contribution in [1.29, 1.82) is 0 Å². The Morgan fingerprint density at radius 3 is 2.59 bits per heavy atom.